The van der Waals surface area contributed by atoms with Crippen LogP contribution in [0.3, 0.4) is 0 Å². The quantitative estimate of drug-likeness (QED) is 0.720. The number of likely N-dealkylation sites (tertiary alicyclic amines) is 1. The van der Waals surface area contributed by atoms with Crippen molar-refractivity contribution in [3.05, 3.63) is 0 Å². The van der Waals surface area contributed by atoms with Crippen LogP contribution < -0.4 is 5.73 Å². The van der Waals surface area contributed by atoms with Gasteiger partial charge in [-0.1, -0.05) is 20.8 Å². The second-order valence-corrected chi connectivity index (χ2v) is 5.00. The molecule has 1 saturated heterocycles. The van der Waals surface area contributed by atoms with E-state index >= 15 is 0 Å². The lowest BCUT2D eigenvalue weighted by Gasteiger charge is -2.31. The van der Waals surface area contributed by atoms with Crippen molar-refractivity contribution in [2.45, 2.75) is 33.6 Å². The van der Waals surface area contributed by atoms with Crippen LogP contribution in [0.25, 0.3) is 0 Å². The zero-order chi connectivity index (χ0) is 9.90. The summed E-state index contributed by atoms with van der Waals surface area (Å²) in [4.78, 5) is 2.57. The van der Waals surface area contributed by atoms with Gasteiger partial charge in [-0.3, -0.25) is 0 Å². The van der Waals surface area contributed by atoms with Crippen LogP contribution in [0.15, 0.2) is 0 Å². The number of hydrogen-bond acceptors (Lipinski definition) is 2. The third-order valence-electron chi connectivity index (χ3n) is 3.46. The molecule has 0 aromatic carbocycles. The SMILES string of the molecule is CCC(C)(CN)CN1CCC(C)C1. The molecular weight excluding hydrogens is 160 g/mol. The fourth-order valence-corrected chi connectivity index (χ4v) is 2.03. The van der Waals surface area contributed by atoms with Crippen LogP contribution in [0.1, 0.15) is 33.6 Å². The highest BCUT2D eigenvalue weighted by molar-refractivity contribution is 4.82. The first-order chi connectivity index (χ1) is 6.09. The van der Waals surface area contributed by atoms with Gasteiger partial charge in [0.05, 0.1) is 0 Å². The minimum atomic E-state index is 0.337. The summed E-state index contributed by atoms with van der Waals surface area (Å²) in [6.45, 7) is 11.4. The van der Waals surface area contributed by atoms with Crippen molar-refractivity contribution in [1.29, 1.82) is 0 Å². The maximum atomic E-state index is 5.80. The molecule has 0 bridgehead atoms. The molecule has 1 fully saturated rings. The lowest BCUT2D eigenvalue weighted by Crippen LogP contribution is -2.39. The predicted octanol–water partition coefficient (Wildman–Crippen LogP) is 1.70. The van der Waals surface area contributed by atoms with Crippen LogP contribution >= 0.6 is 0 Å². The summed E-state index contributed by atoms with van der Waals surface area (Å²) >= 11 is 0. The normalized spacial score (nSPS) is 29.1. The van der Waals surface area contributed by atoms with E-state index in [2.05, 4.69) is 25.7 Å². The summed E-state index contributed by atoms with van der Waals surface area (Å²) in [5.74, 6) is 0.888. The lowest BCUT2D eigenvalue weighted by molar-refractivity contribution is 0.188. The van der Waals surface area contributed by atoms with Gasteiger partial charge in [0.2, 0.25) is 0 Å². The van der Waals surface area contributed by atoms with Crippen LogP contribution in [-0.2, 0) is 0 Å². The standard InChI is InChI=1S/C11H24N2/c1-4-11(3,8-12)9-13-6-5-10(2)7-13/h10H,4-9,12H2,1-3H3. The molecule has 2 unspecified atom stereocenters. The van der Waals surface area contributed by atoms with E-state index < -0.39 is 0 Å². The third kappa shape index (κ3) is 2.96. The Morgan fingerprint density at radius 2 is 2.23 bits per heavy atom. The van der Waals surface area contributed by atoms with Gasteiger partial charge in [0.25, 0.3) is 0 Å². The average Bonchev–Trinajstić information content (AvgIpc) is 2.51. The van der Waals surface area contributed by atoms with Gasteiger partial charge in [-0.15, -0.1) is 0 Å². The molecule has 2 heteroatoms. The minimum Gasteiger partial charge on any atom is -0.330 e. The van der Waals surface area contributed by atoms with E-state index in [1.54, 1.807) is 0 Å². The van der Waals surface area contributed by atoms with Crippen molar-refractivity contribution in [3.8, 4) is 0 Å². The van der Waals surface area contributed by atoms with Crippen molar-refractivity contribution in [1.82, 2.24) is 4.90 Å². The molecule has 0 saturated carbocycles. The summed E-state index contributed by atoms with van der Waals surface area (Å²) in [6, 6.07) is 0. The van der Waals surface area contributed by atoms with Gasteiger partial charge in [-0.25, -0.2) is 0 Å². The largest absolute Gasteiger partial charge is 0.330 e. The average molecular weight is 184 g/mol. The Morgan fingerprint density at radius 3 is 2.62 bits per heavy atom. The maximum absolute atomic E-state index is 5.80. The predicted molar refractivity (Wildman–Crippen MR) is 57.7 cm³/mol. The Bertz CT molecular complexity index is 152. The molecule has 13 heavy (non-hydrogen) atoms. The summed E-state index contributed by atoms with van der Waals surface area (Å²) < 4.78 is 0. The highest BCUT2D eigenvalue weighted by Crippen LogP contribution is 2.24. The Kier molecular flexibility index (Phi) is 3.74. The second kappa shape index (κ2) is 4.43. The van der Waals surface area contributed by atoms with Crippen LogP contribution in [0.4, 0.5) is 0 Å². The van der Waals surface area contributed by atoms with Crippen molar-refractivity contribution >= 4 is 0 Å². The molecule has 2 nitrogen and oxygen atoms in total. The topological polar surface area (TPSA) is 29.3 Å². The lowest BCUT2D eigenvalue weighted by atomic mass is 9.87. The summed E-state index contributed by atoms with van der Waals surface area (Å²) in [5.41, 5.74) is 6.14. The van der Waals surface area contributed by atoms with E-state index in [1.165, 1.54) is 32.5 Å². The van der Waals surface area contributed by atoms with E-state index in [0.29, 0.717) is 5.41 Å². The van der Waals surface area contributed by atoms with Crippen molar-refractivity contribution < 1.29 is 0 Å². The highest BCUT2D eigenvalue weighted by atomic mass is 15.1. The summed E-state index contributed by atoms with van der Waals surface area (Å²) in [7, 11) is 0. The number of nitrogens with two attached hydrogens (primary N) is 1. The number of rotatable bonds is 4. The smallest absolute Gasteiger partial charge is 0.00474 e. The molecule has 0 radical (unpaired) electrons. The van der Waals surface area contributed by atoms with Crippen molar-refractivity contribution in [2.75, 3.05) is 26.2 Å². The first-order valence-corrected chi connectivity index (χ1v) is 5.52. The zero-order valence-electron chi connectivity index (χ0n) is 9.34. The molecule has 2 atom stereocenters. The summed E-state index contributed by atoms with van der Waals surface area (Å²) in [6.07, 6.45) is 2.55. The fraction of sp³-hybridized carbons (Fsp3) is 1.00. The molecule has 0 aliphatic carbocycles. The molecule has 1 aliphatic rings. The van der Waals surface area contributed by atoms with Gasteiger partial charge >= 0.3 is 0 Å². The Morgan fingerprint density at radius 1 is 1.54 bits per heavy atom. The van der Waals surface area contributed by atoms with Gasteiger partial charge in [0, 0.05) is 13.1 Å². The highest BCUT2D eigenvalue weighted by Gasteiger charge is 2.27. The molecule has 0 aromatic heterocycles. The second-order valence-electron chi connectivity index (χ2n) is 5.00. The van der Waals surface area contributed by atoms with E-state index in [0.717, 1.165) is 12.5 Å². The van der Waals surface area contributed by atoms with Gasteiger partial charge in [-0.2, -0.15) is 0 Å². The van der Waals surface area contributed by atoms with Crippen LogP contribution in [0.2, 0.25) is 0 Å². The van der Waals surface area contributed by atoms with Gasteiger partial charge < -0.3 is 10.6 Å². The molecule has 0 amide bonds. The summed E-state index contributed by atoms with van der Waals surface area (Å²) in [5, 5.41) is 0. The van der Waals surface area contributed by atoms with Gasteiger partial charge in [-0.05, 0) is 37.3 Å². The van der Waals surface area contributed by atoms with E-state index in [9.17, 15) is 0 Å². The molecule has 78 valence electrons. The first kappa shape index (κ1) is 11.0. The number of nitrogens with zero attached hydrogens (tertiary/aromatic N) is 1. The van der Waals surface area contributed by atoms with Crippen LogP contribution in [-0.4, -0.2) is 31.1 Å². The van der Waals surface area contributed by atoms with E-state index in [-0.39, 0.29) is 0 Å². The molecule has 1 heterocycles. The Balaban J connectivity index is 2.38. The van der Waals surface area contributed by atoms with E-state index in [1.807, 2.05) is 0 Å². The minimum absolute atomic E-state index is 0.337. The van der Waals surface area contributed by atoms with Crippen molar-refractivity contribution in [3.63, 3.8) is 0 Å². The monoisotopic (exact) mass is 184 g/mol. The molecular formula is C11H24N2. The Hall–Kier alpha value is -0.0800. The van der Waals surface area contributed by atoms with Crippen molar-refractivity contribution in [2.24, 2.45) is 17.1 Å². The van der Waals surface area contributed by atoms with E-state index in [4.69, 9.17) is 5.73 Å². The zero-order valence-corrected chi connectivity index (χ0v) is 9.34. The third-order valence-corrected chi connectivity index (χ3v) is 3.46. The van der Waals surface area contributed by atoms with Crippen LogP contribution in [0.5, 0.6) is 0 Å². The first-order valence-electron chi connectivity index (χ1n) is 5.52. The fourth-order valence-electron chi connectivity index (χ4n) is 2.03. The molecule has 2 N–H and O–H groups in total. The number of hydrogen-bond donors (Lipinski definition) is 1. The maximum Gasteiger partial charge on any atom is 0.00474 e. The van der Waals surface area contributed by atoms with Gasteiger partial charge in [0.1, 0.15) is 0 Å². The molecule has 0 spiro atoms. The van der Waals surface area contributed by atoms with Crippen LogP contribution in [0, 0.1) is 11.3 Å². The van der Waals surface area contributed by atoms with Gasteiger partial charge in [0.15, 0.2) is 0 Å². The molecule has 1 rings (SSSR count). The molecule has 1 aliphatic heterocycles. The Labute approximate surface area is 82.5 Å². The molecule has 0 aromatic rings.